The molecule has 2 fully saturated rings. The maximum absolute atomic E-state index is 11.2. The molecule has 0 saturated carbocycles. The van der Waals surface area contributed by atoms with Gasteiger partial charge in [-0.2, -0.15) is 0 Å². The zero-order valence-electron chi connectivity index (χ0n) is 8.01. The normalized spacial score (nSPS) is 35.5. The lowest BCUT2D eigenvalue weighted by Gasteiger charge is -2.34. The second-order valence-electron chi connectivity index (χ2n) is 4.12. The van der Waals surface area contributed by atoms with Crippen molar-refractivity contribution in [1.29, 1.82) is 0 Å². The molecular weight excluding hydrogens is 164 g/mol. The second kappa shape index (κ2) is 4.09. The van der Waals surface area contributed by atoms with Gasteiger partial charge in [0.1, 0.15) is 0 Å². The van der Waals surface area contributed by atoms with Gasteiger partial charge in [0.2, 0.25) is 5.91 Å². The lowest BCUT2D eigenvalue weighted by atomic mass is 9.92. The van der Waals surface area contributed by atoms with Gasteiger partial charge in [-0.05, 0) is 32.2 Å². The van der Waals surface area contributed by atoms with Crippen LogP contribution >= 0.6 is 0 Å². The maximum atomic E-state index is 11.2. The molecule has 0 aromatic heterocycles. The molecule has 2 rings (SSSR count). The van der Waals surface area contributed by atoms with Gasteiger partial charge in [0.15, 0.2) is 0 Å². The van der Waals surface area contributed by atoms with E-state index in [0.29, 0.717) is 12.1 Å². The zero-order chi connectivity index (χ0) is 9.10. The Labute approximate surface area is 79.3 Å². The molecule has 3 nitrogen and oxygen atoms in total. The maximum Gasteiger partial charge on any atom is 0.220 e. The highest BCUT2D eigenvalue weighted by Gasteiger charge is 2.26. The van der Waals surface area contributed by atoms with Crippen LogP contribution in [0.3, 0.4) is 0 Å². The molecule has 1 amide bonds. The lowest BCUT2D eigenvalue weighted by Crippen LogP contribution is -2.53. The Morgan fingerprint density at radius 3 is 2.62 bits per heavy atom. The molecule has 2 aliphatic rings. The van der Waals surface area contributed by atoms with E-state index in [0.717, 1.165) is 25.8 Å². The fourth-order valence-corrected chi connectivity index (χ4v) is 2.36. The predicted octanol–water partition coefficient (Wildman–Crippen LogP) is 0.797. The van der Waals surface area contributed by atoms with Crippen LogP contribution < -0.4 is 10.6 Å². The van der Waals surface area contributed by atoms with Gasteiger partial charge in [-0.3, -0.25) is 4.79 Å². The molecule has 0 aromatic rings. The number of amides is 1. The Morgan fingerprint density at radius 1 is 1.08 bits per heavy atom. The summed E-state index contributed by atoms with van der Waals surface area (Å²) in [5.41, 5.74) is 0. The van der Waals surface area contributed by atoms with Crippen LogP contribution in [0.1, 0.15) is 38.5 Å². The summed E-state index contributed by atoms with van der Waals surface area (Å²) in [6, 6.07) is 0.944. The van der Waals surface area contributed by atoms with Crippen LogP contribution in [0.4, 0.5) is 0 Å². The third-order valence-corrected chi connectivity index (χ3v) is 3.10. The molecule has 0 aromatic carbocycles. The molecule has 0 spiro atoms. The molecule has 2 aliphatic heterocycles. The van der Waals surface area contributed by atoms with Crippen LogP contribution in [0.25, 0.3) is 0 Å². The highest BCUT2D eigenvalue weighted by Crippen LogP contribution is 2.17. The second-order valence-corrected chi connectivity index (χ2v) is 4.12. The monoisotopic (exact) mass is 182 g/mol. The number of carbonyl (C=O) groups excluding carboxylic acids is 1. The molecule has 3 heteroatoms. The average molecular weight is 182 g/mol. The number of hydrogen-bond acceptors (Lipinski definition) is 2. The molecule has 2 N–H and O–H groups in total. The predicted molar refractivity (Wildman–Crippen MR) is 51.4 cm³/mol. The summed E-state index contributed by atoms with van der Waals surface area (Å²) in [7, 11) is 0. The van der Waals surface area contributed by atoms with Crippen LogP contribution in [-0.2, 0) is 4.79 Å². The molecule has 0 radical (unpaired) electrons. The van der Waals surface area contributed by atoms with E-state index < -0.39 is 0 Å². The Balaban J connectivity index is 1.87. The number of rotatable bonds is 1. The van der Waals surface area contributed by atoms with Gasteiger partial charge in [0.05, 0.1) is 0 Å². The Morgan fingerprint density at radius 2 is 1.92 bits per heavy atom. The molecule has 74 valence electrons. The van der Waals surface area contributed by atoms with Crippen molar-refractivity contribution in [3.63, 3.8) is 0 Å². The quantitative estimate of drug-likeness (QED) is 0.629. The summed E-state index contributed by atoms with van der Waals surface area (Å²) in [5.74, 6) is 0.239. The van der Waals surface area contributed by atoms with Gasteiger partial charge in [-0.15, -0.1) is 0 Å². The molecule has 0 bridgehead atoms. The molecule has 2 saturated heterocycles. The standard InChI is InChI=1S/C10H18N2O/c13-10-6-3-5-9(12-10)8-4-1-2-7-11-8/h8-9,11H,1-7H2,(H,12,13)/t8-,9-/m1/s1. The third-order valence-electron chi connectivity index (χ3n) is 3.10. The van der Waals surface area contributed by atoms with E-state index in [9.17, 15) is 4.79 Å². The number of carbonyl (C=O) groups is 1. The highest BCUT2D eigenvalue weighted by molar-refractivity contribution is 5.77. The minimum Gasteiger partial charge on any atom is -0.352 e. The molecule has 2 atom stereocenters. The van der Waals surface area contributed by atoms with Gasteiger partial charge >= 0.3 is 0 Å². The minimum atomic E-state index is 0.239. The lowest BCUT2D eigenvalue weighted by molar-refractivity contribution is -0.123. The van der Waals surface area contributed by atoms with Crippen LogP contribution in [0.2, 0.25) is 0 Å². The van der Waals surface area contributed by atoms with E-state index in [4.69, 9.17) is 0 Å². The fourth-order valence-electron chi connectivity index (χ4n) is 2.36. The van der Waals surface area contributed by atoms with E-state index >= 15 is 0 Å². The first kappa shape index (κ1) is 9.00. The number of hydrogen-bond donors (Lipinski definition) is 2. The zero-order valence-corrected chi connectivity index (χ0v) is 8.01. The van der Waals surface area contributed by atoms with Crippen molar-refractivity contribution in [1.82, 2.24) is 10.6 Å². The summed E-state index contributed by atoms with van der Waals surface area (Å²) < 4.78 is 0. The summed E-state index contributed by atoms with van der Waals surface area (Å²) in [5, 5.41) is 6.58. The summed E-state index contributed by atoms with van der Waals surface area (Å²) in [4.78, 5) is 11.2. The Kier molecular flexibility index (Phi) is 2.83. The van der Waals surface area contributed by atoms with Crippen molar-refractivity contribution >= 4 is 5.91 Å². The van der Waals surface area contributed by atoms with Gasteiger partial charge in [0.25, 0.3) is 0 Å². The number of nitrogens with one attached hydrogen (secondary N) is 2. The van der Waals surface area contributed by atoms with Crippen LogP contribution in [0, 0.1) is 0 Å². The third kappa shape index (κ3) is 2.21. The van der Waals surface area contributed by atoms with E-state index in [2.05, 4.69) is 10.6 Å². The Hall–Kier alpha value is -0.570. The number of piperidine rings is 2. The van der Waals surface area contributed by atoms with Gasteiger partial charge in [-0.25, -0.2) is 0 Å². The summed E-state index contributed by atoms with van der Waals surface area (Å²) in [6.45, 7) is 1.12. The summed E-state index contributed by atoms with van der Waals surface area (Å²) in [6.07, 6.45) is 6.77. The molecule has 13 heavy (non-hydrogen) atoms. The fraction of sp³-hybridized carbons (Fsp3) is 0.900. The SMILES string of the molecule is O=C1CCC[C@H]([C@H]2CCCCN2)N1. The largest absolute Gasteiger partial charge is 0.352 e. The van der Waals surface area contributed by atoms with Crippen molar-refractivity contribution < 1.29 is 4.79 Å². The van der Waals surface area contributed by atoms with Crippen molar-refractivity contribution in [2.75, 3.05) is 6.54 Å². The Bertz CT molecular complexity index is 187. The topological polar surface area (TPSA) is 41.1 Å². The van der Waals surface area contributed by atoms with Crippen molar-refractivity contribution in [2.45, 2.75) is 50.6 Å². The molecule has 0 unspecified atom stereocenters. The smallest absolute Gasteiger partial charge is 0.220 e. The average Bonchev–Trinajstić information content (AvgIpc) is 2.19. The van der Waals surface area contributed by atoms with Crippen molar-refractivity contribution in [2.24, 2.45) is 0 Å². The van der Waals surface area contributed by atoms with Crippen LogP contribution in [-0.4, -0.2) is 24.5 Å². The van der Waals surface area contributed by atoms with Gasteiger partial charge < -0.3 is 10.6 Å². The first-order valence-electron chi connectivity index (χ1n) is 5.39. The molecule has 2 heterocycles. The van der Waals surface area contributed by atoms with Crippen LogP contribution in [0.5, 0.6) is 0 Å². The van der Waals surface area contributed by atoms with Crippen molar-refractivity contribution in [3.05, 3.63) is 0 Å². The van der Waals surface area contributed by atoms with Gasteiger partial charge in [-0.1, -0.05) is 6.42 Å². The molecule has 0 aliphatic carbocycles. The van der Waals surface area contributed by atoms with E-state index in [-0.39, 0.29) is 5.91 Å². The highest BCUT2D eigenvalue weighted by atomic mass is 16.1. The summed E-state index contributed by atoms with van der Waals surface area (Å²) >= 11 is 0. The minimum absolute atomic E-state index is 0.239. The molecular formula is C10H18N2O. The van der Waals surface area contributed by atoms with E-state index in [1.54, 1.807) is 0 Å². The van der Waals surface area contributed by atoms with Crippen molar-refractivity contribution in [3.8, 4) is 0 Å². The van der Waals surface area contributed by atoms with Gasteiger partial charge in [0, 0.05) is 18.5 Å². The first-order chi connectivity index (χ1) is 6.36. The van der Waals surface area contributed by atoms with E-state index in [1.165, 1.54) is 19.3 Å². The van der Waals surface area contributed by atoms with Crippen LogP contribution in [0.15, 0.2) is 0 Å². The first-order valence-corrected chi connectivity index (χ1v) is 5.39. The van der Waals surface area contributed by atoms with E-state index in [1.807, 2.05) is 0 Å².